The van der Waals surface area contributed by atoms with Gasteiger partial charge in [-0.2, -0.15) is 0 Å². The fourth-order valence-corrected chi connectivity index (χ4v) is 2.85. The van der Waals surface area contributed by atoms with E-state index < -0.39 is 17.5 Å². The van der Waals surface area contributed by atoms with Crippen molar-refractivity contribution in [1.29, 1.82) is 0 Å². The molecule has 2 aromatic heterocycles. The summed E-state index contributed by atoms with van der Waals surface area (Å²) in [5, 5.41) is 3.48. The van der Waals surface area contributed by atoms with Gasteiger partial charge < -0.3 is 5.32 Å². The van der Waals surface area contributed by atoms with Crippen LogP contribution in [-0.4, -0.2) is 15.9 Å². The molecule has 0 bridgehead atoms. The summed E-state index contributed by atoms with van der Waals surface area (Å²) in [7, 11) is 0. The third kappa shape index (κ3) is 3.50. The zero-order chi connectivity index (χ0) is 18.8. The van der Waals surface area contributed by atoms with Crippen molar-refractivity contribution in [2.45, 2.75) is 0 Å². The summed E-state index contributed by atoms with van der Waals surface area (Å²) in [4.78, 5) is 20.9. The van der Waals surface area contributed by atoms with Crippen LogP contribution in [0.15, 0.2) is 73.1 Å². The molecule has 4 nitrogen and oxygen atoms in total. The smallest absolute Gasteiger partial charge is 0.274 e. The Kier molecular flexibility index (Phi) is 4.30. The lowest BCUT2D eigenvalue weighted by Gasteiger charge is -2.09. The quantitative estimate of drug-likeness (QED) is 0.569. The van der Waals surface area contributed by atoms with Crippen molar-refractivity contribution in [1.82, 2.24) is 9.97 Å². The Morgan fingerprint density at radius 2 is 1.74 bits per heavy atom. The maximum absolute atomic E-state index is 13.6. The van der Waals surface area contributed by atoms with Crippen molar-refractivity contribution >= 4 is 22.5 Å². The molecule has 4 rings (SSSR count). The first kappa shape index (κ1) is 16.8. The van der Waals surface area contributed by atoms with Gasteiger partial charge in [0.15, 0.2) is 0 Å². The van der Waals surface area contributed by atoms with Gasteiger partial charge in [-0.3, -0.25) is 9.78 Å². The van der Waals surface area contributed by atoms with Crippen molar-refractivity contribution in [2.75, 3.05) is 5.32 Å². The summed E-state index contributed by atoms with van der Waals surface area (Å²) in [5.41, 5.74) is 2.12. The number of para-hydroxylation sites is 1. The van der Waals surface area contributed by atoms with E-state index in [1.807, 2.05) is 6.07 Å². The largest absolute Gasteiger partial charge is 0.319 e. The number of hydrogen-bond acceptors (Lipinski definition) is 3. The van der Waals surface area contributed by atoms with E-state index in [0.29, 0.717) is 22.3 Å². The molecule has 0 saturated heterocycles. The van der Waals surface area contributed by atoms with E-state index in [2.05, 4.69) is 15.3 Å². The minimum Gasteiger partial charge on any atom is -0.319 e. The monoisotopic (exact) mass is 361 g/mol. The van der Waals surface area contributed by atoms with Crippen LogP contribution in [0.4, 0.5) is 14.5 Å². The van der Waals surface area contributed by atoms with E-state index in [1.165, 1.54) is 18.3 Å². The Labute approximate surface area is 153 Å². The lowest BCUT2D eigenvalue weighted by atomic mass is 10.0. The first-order chi connectivity index (χ1) is 13.1. The van der Waals surface area contributed by atoms with Crippen LogP contribution >= 0.6 is 0 Å². The van der Waals surface area contributed by atoms with E-state index in [1.54, 1.807) is 42.6 Å². The van der Waals surface area contributed by atoms with E-state index >= 15 is 0 Å². The van der Waals surface area contributed by atoms with Crippen molar-refractivity contribution in [2.24, 2.45) is 0 Å². The molecule has 0 saturated carbocycles. The minimum atomic E-state index is -0.674. The lowest BCUT2D eigenvalue weighted by Crippen LogP contribution is -2.13. The lowest BCUT2D eigenvalue weighted by molar-refractivity contribution is 0.102. The van der Waals surface area contributed by atoms with Gasteiger partial charge in [0.05, 0.1) is 17.4 Å². The number of pyridine rings is 2. The molecule has 0 fully saturated rings. The molecular formula is C21H13F2N3O. The van der Waals surface area contributed by atoms with Crippen LogP contribution in [0, 0.1) is 11.6 Å². The second kappa shape index (κ2) is 6.92. The van der Waals surface area contributed by atoms with Crippen molar-refractivity contribution in [3.05, 3.63) is 90.4 Å². The highest BCUT2D eigenvalue weighted by Gasteiger charge is 2.13. The Bertz CT molecular complexity index is 1130. The zero-order valence-electron chi connectivity index (χ0n) is 14.0. The molecule has 0 atom stereocenters. The number of halogens is 2. The first-order valence-electron chi connectivity index (χ1n) is 8.18. The van der Waals surface area contributed by atoms with E-state index in [-0.39, 0.29) is 5.69 Å². The van der Waals surface area contributed by atoms with Gasteiger partial charge in [-0.25, -0.2) is 13.8 Å². The number of rotatable bonds is 3. The van der Waals surface area contributed by atoms with Crippen LogP contribution in [0.25, 0.3) is 22.0 Å². The number of benzene rings is 2. The summed E-state index contributed by atoms with van der Waals surface area (Å²) >= 11 is 0. The Morgan fingerprint density at radius 1 is 0.926 bits per heavy atom. The summed E-state index contributed by atoms with van der Waals surface area (Å²) in [5.74, 6) is -1.75. The predicted octanol–water partition coefficient (Wildman–Crippen LogP) is 4.83. The van der Waals surface area contributed by atoms with E-state index in [4.69, 9.17) is 0 Å². The molecule has 0 radical (unpaired) electrons. The van der Waals surface area contributed by atoms with Crippen molar-refractivity contribution in [3.8, 4) is 11.1 Å². The first-order valence-corrected chi connectivity index (χ1v) is 8.18. The van der Waals surface area contributed by atoms with E-state index in [9.17, 15) is 13.6 Å². The fourth-order valence-electron chi connectivity index (χ4n) is 2.85. The molecule has 2 heterocycles. The fraction of sp³-hybridized carbons (Fsp3) is 0. The Hall–Kier alpha value is -3.67. The summed E-state index contributed by atoms with van der Waals surface area (Å²) in [6.07, 6.45) is 3.13. The number of amides is 1. The number of carbonyl (C=O) groups excluding carboxylic acids is 1. The number of aromatic nitrogens is 2. The molecule has 27 heavy (non-hydrogen) atoms. The molecule has 1 N–H and O–H groups in total. The van der Waals surface area contributed by atoms with Crippen LogP contribution in [0.2, 0.25) is 0 Å². The number of carbonyl (C=O) groups is 1. The number of nitrogens with one attached hydrogen (secondary N) is 1. The summed E-state index contributed by atoms with van der Waals surface area (Å²) < 4.78 is 27.3. The second-order valence-corrected chi connectivity index (χ2v) is 5.93. The van der Waals surface area contributed by atoms with Crippen LogP contribution in [0.3, 0.4) is 0 Å². The van der Waals surface area contributed by atoms with Gasteiger partial charge in [-0.15, -0.1) is 0 Å². The average molecular weight is 361 g/mol. The maximum atomic E-state index is 13.6. The molecule has 0 aliphatic heterocycles. The second-order valence-electron chi connectivity index (χ2n) is 5.93. The predicted molar refractivity (Wildman–Crippen MR) is 99.3 cm³/mol. The van der Waals surface area contributed by atoms with Crippen molar-refractivity contribution < 1.29 is 13.6 Å². The molecule has 132 valence electrons. The molecule has 0 aliphatic rings. The number of fused-ring (bicyclic) bond motifs is 1. The van der Waals surface area contributed by atoms with Crippen LogP contribution in [0.5, 0.6) is 0 Å². The Balaban J connectivity index is 1.78. The highest BCUT2D eigenvalue weighted by molar-refractivity contribution is 6.05. The highest BCUT2D eigenvalue weighted by Crippen LogP contribution is 2.29. The highest BCUT2D eigenvalue weighted by atomic mass is 19.1. The molecule has 1 amide bonds. The van der Waals surface area contributed by atoms with Crippen LogP contribution in [0.1, 0.15) is 10.5 Å². The van der Waals surface area contributed by atoms with Gasteiger partial charge in [-0.1, -0.05) is 24.3 Å². The number of nitrogens with zero attached hydrogens (tertiary/aromatic N) is 2. The third-order valence-corrected chi connectivity index (χ3v) is 4.05. The minimum absolute atomic E-state index is 0.190. The van der Waals surface area contributed by atoms with Gasteiger partial charge in [0.25, 0.3) is 5.91 Å². The Morgan fingerprint density at radius 3 is 2.48 bits per heavy atom. The number of anilines is 1. The van der Waals surface area contributed by atoms with Gasteiger partial charge in [0.2, 0.25) is 0 Å². The third-order valence-electron chi connectivity index (χ3n) is 4.05. The van der Waals surface area contributed by atoms with Gasteiger partial charge in [-0.05, 0) is 35.9 Å². The van der Waals surface area contributed by atoms with E-state index in [0.717, 1.165) is 11.5 Å². The zero-order valence-corrected chi connectivity index (χ0v) is 14.0. The number of hydrogen-bond donors (Lipinski definition) is 1. The summed E-state index contributed by atoms with van der Waals surface area (Å²) in [6.45, 7) is 0. The molecule has 0 unspecified atom stereocenters. The topological polar surface area (TPSA) is 54.9 Å². The SMILES string of the molecule is O=C(Nc1cccnc1)c1ccc2cccc(-c3cc(F)cc(F)c3)c2n1. The molecule has 4 aromatic rings. The van der Waals surface area contributed by atoms with Crippen LogP contribution in [-0.2, 0) is 0 Å². The van der Waals surface area contributed by atoms with Crippen LogP contribution < -0.4 is 5.32 Å². The summed E-state index contributed by atoms with van der Waals surface area (Å²) in [6, 6.07) is 15.4. The van der Waals surface area contributed by atoms with Gasteiger partial charge in [0.1, 0.15) is 17.3 Å². The van der Waals surface area contributed by atoms with Gasteiger partial charge >= 0.3 is 0 Å². The molecule has 2 aromatic carbocycles. The van der Waals surface area contributed by atoms with Gasteiger partial charge in [0, 0.05) is 23.2 Å². The molecule has 0 spiro atoms. The molecule has 0 aliphatic carbocycles. The average Bonchev–Trinajstić information content (AvgIpc) is 2.67. The van der Waals surface area contributed by atoms with Crippen molar-refractivity contribution in [3.63, 3.8) is 0 Å². The normalized spacial score (nSPS) is 10.7. The molecule has 6 heteroatoms. The maximum Gasteiger partial charge on any atom is 0.274 e. The molecular weight excluding hydrogens is 348 g/mol. The standard InChI is InChI=1S/C21H13F2N3O/c22-15-9-14(10-16(23)11-15)18-5-1-3-13-6-7-19(26-20(13)18)21(27)25-17-4-2-8-24-12-17/h1-12H,(H,25,27).